The summed E-state index contributed by atoms with van der Waals surface area (Å²) < 4.78 is 6.31. The van der Waals surface area contributed by atoms with Crippen LogP contribution in [0.4, 0.5) is 0 Å². The second-order valence-electron chi connectivity index (χ2n) is 7.57. The maximum Gasteiger partial charge on any atom is 0.225 e. The third kappa shape index (κ3) is 4.23. The van der Waals surface area contributed by atoms with Gasteiger partial charge in [-0.15, -0.1) is 0 Å². The third-order valence-electron chi connectivity index (χ3n) is 5.79. The average Bonchev–Trinajstić information content (AvgIpc) is 2.58. The van der Waals surface area contributed by atoms with E-state index in [2.05, 4.69) is 17.1 Å². The largest absolute Gasteiger partial charge is 0.375 e. The molecule has 0 aromatic rings. The molecule has 1 aliphatic carbocycles. The van der Waals surface area contributed by atoms with E-state index < -0.39 is 0 Å². The lowest BCUT2D eigenvalue weighted by Gasteiger charge is -2.37. The van der Waals surface area contributed by atoms with Crippen LogP contribution in [-0.4, -0.2) is 49.2 Å². The molecule has 2 heterocycles. The minimum Gasteiger partial charge on any atom is -0.375 e. The predicted molar refractivity (Wildman–Crippen MR) is 87.7 cm³/mol. The highest BCUT2D eigenvalue weighted by molar-refractivity contribution is 5.79. The SMILES string of the molecule is CC1CCC(OC2CCN(C(=O)C3CCNCC3)CC2)CC1. The number of piperidine rings is 2. The van der Waals surface area contributed by atoms with E-state index in [4.69, 9.17) is 4.74 Å². The zero-order chi connectivity index (χ0) is 15.4. The van der Waals surface area contributed by atoms with Crippen LogP contribution in [0.15, 0.2) is 0 Å². The molecule has 1 amide bonds. The van der Waals surface area contributed by atoms with Gasteiger partial charge in [-0.25, -0.2) is 0 Å². The second kappa shape index (κ2) is 7.78. The number of carbonyl (C=O) groups is 1. The van der Waals surface area contributed by atoms with Crippen LogP contribution in [-0.2, 0) is 9.53 Å². The fourth-order valence-corrected chi connectivity index (χ4v) is 4.18. The molecule has 0 radical (unpaired) electrons. The standard InChI is InChI=1S/C18H32N2O2/c1-14-2-4-16(5-3-14)22-17-8-12-20(13-9-17)18(21)15-6-10-19-11-7-15/h14-17,19H,2-13H2,1H3. The lowest BCUT2D eigenvalue weighted by molar-refractivity contribution is -0.140. The van der Waals surface area contributed by atoms with E-state index >= 15 is 0 Å². The van der Waals surface area contributed by atoms with Gasteiger partial charge in [0.15, 0.2) is 0 Å². The number of rotatable bonds is 3. The van der Waals surface area contributed by atoms with E-state index in [9.17, 15) is 4.79 Å². The number of ether oxygens (including phenoxy) is 1. The molecule has 1 saturated carbocycles. The van der Waals surface area contributed by atoms with Crippen molar-refractivity contribution in [3.8, 4) is 0 Å². The Morgan fingerprint density at radius 3 is 2.14 bits per heavy atom. The normalized spacial score (nSPS) is 32.1. The summed E-state index contributed by atoms with van der Waals surface area (Å²) in [6.07, 6.45) is 10.0. The molecule has 0 aromatic carbocycles. The molecule has 22 heavy (non-hydrogen) atoms. The number of amides is 1. The summed E-state index contributed by atoms with van der Waals surface area (Å²) in [5.41, 5.74) is 0. The fourth-order valence-electron chi connectivity index (χ4n) is 4.18. The van der Waals surface area contributed by atoms with Crippen molar-refractivity contribution in [3.63, 3.8) is 0 Å². The van der Waals surface area contributed by atoms with Crippen LogP contribution in [0.2, 0.25) is 0 Å². The summed E-state index contributed by atoms with van der Waals surface area (Å²) in [5.74, 6) is 1.54. The van der Waals surface area contributed by atoms with Gasteiger partial charge in [-0.2, -0.15) is 0 Å². The van der Waals surface area contributed by atoms with Crippen molar-refractivity contribution in [2.24, 2.45) is 11.8 Å². The zero-order valence-corrected chi connectivity index (χ0v) is 14.1. The Morgan fingerprint density at radius 1 is 0.909 bits per heavy atom. The van der Waals surface area contributed by atoms with Gasteiger partial charge in [-0.05, 0) is 70.4 Å². The van der Waals surface area contributed by atoms with Gasteiger partial charge in [0.1, 0.15) is 0 Å². The maximum absolute atomic E-state index is 12.5. The highest BCUT2D eigenvalue weighted by Gasteiger charge is 2.30. The van der Waals surface area contributed by atoms with Gasteiger partial charge in [-0.1, -0.05) is 6.92 Å². The third-order valence-corrected chi connectivity index (χ3v) is 5.79. The Balaban J connectivity index is 1.39. The molecule has 126 valence electrons. The molecule has 3 rings (SSSR count). The first kappa shape index (κ1) is 16.3. The van der Waals surface area contributed by atoms with Crippen molar-refractivity contribution in [2.75, 3.05) is 26.2 Å². The smallest absolute Gasteiger partial charge is 0.225 e. The second-order valence-corrected chi connectivity index (χ2v) is 7.57. The van der Waals surface area contributed by atoms with Crippen LogP contribution < -0.4 is 5.32 Å². The molecule has 3 aliphatic rings. The van der Waals surface area contributed by atoms with Gasteiger partial charge in [0.05, 0.1) is 12.2 Å². The average molecular weight is 308 g/mol. The number of carbonyl (C=O) groups excluding carboxylic acids is 1. The molecule has 0 spiro atoms. The molecule has 1 N–H and O–H groups in total. The minimum atomic E-state index is 0.263. The summed E-state index contributed by atoms with van der Waals surface area (Å²) in [7, 11) is 0. The number of nitrogens with zero attached hydrogens (tertiary/aromatic N) is 1. The van der Waals surface area contributed by atoms with E-state index in [1.807, 2.05) is 0 Å². The first-order chi connectivity index (χ1) is 10.7. The van der Waals surface area contributed by atoms with E-state index in [0.29, 0.717) is 18.1 Å². The fraction of sp³-hybridized carbons (Fsp3) is 0.944. The van der Waals surface area contributed by atoms with Gasteiger partial charge in [0, 0.05) is 19.0 Å². The Labute approximate surface area is 135 Å². The topological polar surface area (TPSA) is 41.6 Å². The molecule has 2 aliphatic heterocycles. The molecule has 0 atom stereocenters. The molecular formula is C18H32N2O2. The van der Waals surface area contributed by atoms with Crippen LogP contribution in [0.1, 0.15) is 58.3 Å². The summed E-state index contributed by atoms with van der Waals surface area (Å²) in [6.45, 7) is 6.14. The quantitative estimate of drug-likeness (QED) is 0.871. The number of hydrogen-bond donors (Lipinski definition) is 1. The molecule has 0 aromatic heterocycles. The number of hydrogen-bond acceptors (Lipinski definition) is 3. The monoisotopic (exact) mass is 308 g/mol. The van der Waals surface area contributed by atoms with Crippen molar-refractivity contribution >= 4 is 5.91 Å². The lowest BCUT2D eigenvalue weighted by atomic mass is 9.88. The van der Waals surface area contributed by atoms with Gasteiger partial charge in [0.2, 0.25) is 5.91 Å². The Morgan fingerprint density at radius 2 is 1.50 bits per heavy atom. The zero-order valence-electron chi connectivity index (χ0n) is 14.1. The van der Waals surface area contributed by atoms with Crippen LogP contribution in [0.5, 0.6) is 0 Å². The molecular weight excluding hydrogens is 276 g/mol. The first-order valence-electron chi connectivity index (χ1n) is 9.37. The molecule has 4 heteroatoms. The van der Waals surface area contributed by atoms with Crippen molar-refractivity contribution in [1.82, 2.24) is 10.2 Å². The van der Waals surface area contributed by atoms with E-state index in [0.717, 1.165) is 57.8 Å². The van der Waals surface area contributed by atoms with Gasteiger partial charge < -0.3 is 15.0 Å². The summed E-state index contributed by atoms with van der Waals surface area (Å²) >= 11 is 0. The predicted octanol–water partition coefficient (Wildman–Crippen LogP) is 2.57. The first-order valence-corrected chi connectivity index (χ1v) is 9.37. The molecule has 4 nitrogen and oxygen atoms in total. The van der Waals surface area contributed by atoms with E-state index in [-0.39, 0.29) is 5.92 Å². The van der Waals surface area contributed by atoms with E-state index in [1.165, 1.54) is 25.7 Å². The Bertz CT molecular complexity index is 352. The van der Waals surface area contributed by atoms with E-state index in [1.54, 1.807) is 0 Å². The molecule has 2 saturated heterocycles. The summed E-state index contributed by atoms with van der Waals surface area (Å²) in [6, 6.07) is 0. The Hall–Kier alpha value is -0.610. The highest BCUT2D eigenvalue weighted by Crippen LogP contribution is 2.28. The maximum atomic E-state index is 12.5. The number of likely N-dealkylation sites (tertiary alicyclic amines) is 1. The summed E-state index contributed by atoms with van der Waals surface area (Å²) in [5, 5.41) is 3.34. The van der Waals surface area contributed by atoms with Crippen molar-refractivity contribution < 1.29 is 9.53 Å². The van der Waals surface area contributed by atoms with Gasteiger partial charge in [0.25, 0.3) is 0 Å². The van der Waals surface area contributed by atoms with Crippen molar-refractivity contribution in [1.29, 1.82) is 0 Å². The highest BCUT2D eigenvalue weighted by atomic mass is 16.5. The van der Waals surface area contributed by atoms with Crippen LogP contribution in [0.3, 0.4) is 0 Å². The molecule has 0 bridgehead atoms. The van der Waals surface area contributed by atoms with Crippen LogP contribution in [0, 0.1) is 11.8 Å². The molecule has 3 fully saturated rings. The summed E-state index contributed by atoms with van der Waals surface area (Å²) in [4.78, 5) is 14.6. The minimum absolute atomic E-state index is 0.263. The van der Waals surface area contributed by atoms with Gasteiger partial charge in [-0.3, -0.25) is 4.79 Å². The number of nitrogens with one attached hydrogen (secondary N) is 1. The van der Waals surface area contributed by atoms with Crippen LogP contribution in [0.25, 0.3) is 0 Å². The Kier molecular flexibility index (Phi) is 5.75. The van der Waals surface area contributed by atoms with Crippen LogP contribution >= 0.6 is 0 Å². The van der Waals surface area contributed by atoms with Crippen molar-refractivity contribution in [3.05, 3.63) is 0 Å². The lowest BCUT2D eigenvalue weighted by Crippen LogP contribution is -2.46. The van der Waals surface area contributed by atoms with Crippen molar-refractivity contribution in [2.45, 2.75) is 70.5 Å². The molecule has 0 unspecified atom stereocenters. The van der Waals surface area contributed by atoms with Gasteiger partial charge >= 0.3 is 0 Å².